The van der Waals surface area contributed by atoms with Gasteiger partial charge in [-0.3, -0.25) is 4.98 Å². The van der Waals surface area contributed by atoms with Crippen LogP contribution < -0.4 is 15.0 Å². The van der Waals surface area contributed by atoms with E-state index in [4.69, 9.17) is 10.3 Å². The number of aromatic nitrogens is 1. The van der Waals surface area contributed by atoms with Crippen molar-refractivity contribution in [2.24, 2.45) is 0 Å². The Morgan fingerprint density at radius 2 is 1.32 bits per heavy atom. The van der Waals surface area contributed by atoms with Gasteiger partial charge in [-0.05, 0) is 58.9 Å². The van der Waals surface area contributed by atoms with E-state index < -0.39 is 14.2 Å². The van der Waals surface area contributed by atoms with Crippen LogP contribution in [0.3, 0.4) is 0 Å². The topological polar surface area (TPSA) is 53.7 Å². The van der Waals surface area contributed by atoms with Crippen molar-refractivity contribution < 1.29 is 26.2 Å². The zero-order valence-corrected chi connectivity index (χ0v) is 33.4. The number of hydrogen-bond acceptors (Lipinski definition) is 4. The molecule has 5 nitrogen and oxygen atoms in total. The maximum atomic E-state index is 11.6. The van der Waals surface area contributed by atoms with Gasteiger partial charge >= 0.3 is 21.1 Å². The van der Waals surface area contributed by atoms with Gasteiger partial charge in [0, 0.05) is 47.8 Å². The van der Waals surface area contributed by atoms with Crippen LogP contribution in [0.2, 0.25) is 19.6 Å². The van der Waals surface area contributed by atoms with Crippen molar-refractivity contribution in [2.45, 2.75) is 25.8 Å². The van der Waals surface area contributed by atoms with Crippen molar-refractivity contribution in [1.82, 2.24) is 4.98 Å². The van der Waals surface area contributed by atoms with Crippen LogP contribution in [0.5, 0.6) is 5.75 Å². The minimum absolute atomic E-state index is 0. The number of benzene rings is 6. The zero-order chi connectivity index (χ0) is 35.8. The first-order valence-corrected chi connectivity index (χ1v) is 21.1. The molecule has 0 saturated carbocycles. The van der Waals surface area contributed by atoms with E-state index in [0.29, 0.717) is 0 Å². The number of nitrogens with zero attached hydrogens (tertiary/aromatic N) is 4. The number of aromatic hydroxyl groups is 1. The number of rotatable bonds is 8. The first kappa shape index (κ1) is 36.0. The summed E-state index contributed by atoms with van der Waals surface area (Å²) in [5, 5.41) is 18.3. The summed E-state index contributed by atoms with van der Waals surface area (Å²) < 4.78 is 0. The van der Waals surface area contributed by atoms with Crippen LogP contribution in [-0.4, -0.2) is 25.2 Å². The predicted octanol–water partition coefficient (Wildman–Crippen LogP) is 11.8. The number of hydrogen-bond donors (Lipinski definition) is 1. The molecule has 1 aromatic heterocycles. The van der Waals surface area contributed by atoms with E-state index in [1.807, 2.05) is 67.8 Å². The first-order chi connectivity index (χ1) is 25.2. The Kier molecular flexibility index (Phi) is 10.1. The summed E-state index contributed by atoms with van der Waals surface area (Å²) in [7, 11) is 0.547. The van der Waals surface area contributed by atoms with Gasteiger partial charge in [-0.15, -0.1) is 29.4 Å². The minimum atomic E-state index is -1.49. The van der Waals surface area contributed by atoms with Gasteiger partial charge in [0.25, 0.3) is 0 Å². The Balaban J connectivity index is 0.00000435. The Bertz CT molecular complexity index is 2310. The summed E-state index contributed by atoms with van der Waals surface area (Å²) >= 11 is 0. The van der Waals surface area contributed by atoms with Gasteiger partial charge in [-0.25, -0.2) is 0 Å². The van der Waals surface area contributed by atoms with E-state index >= 15 is 0 Å². The molecule has 1 aliphatic heterocycles. The number of phenols is 1. The van der Waals surface area contributed by atoms with Crippen LogP contribution in [0.25, 0.3) is 38.8 Å². The van der Waals surface area contributed by atoms with Crippen LogP contribution >= 0.6 is 0 Å². The number of pyridine rings is 1. The third-order valence-corrected chi connectivity index (χ3v) is 11.8. The van der Waals surface area contributed by atoms with Gasteiger partial charge in [-0.1, -0.05) is 133 Å². The molecule has 0 saturated heterocycles. The van der Waals surface area contributed by atoms with Crippen LogP contribution in [-0.2, 0) is 21.1 Å². The predicted molar refractivity (Wildman–Crippen MR) is 219 cm³/mol. The summed E-state index contributed by atoms with van der Waals surface area (Å²) in [6.45, 7) is 7.02. The van der Waals surface area contributed by atoms with Crippen molar-refractivity contribution >= 4 is 41.7 Å². The van der Waals surface area contributed by atoms with Gasteiger partial charge in [0.15, 0.2) is 0 Å². The molecular weight excluding hydrogens is 848 g/mol. The quantitative estimate of drug-likeness (QED) is 0.122. The SMILES string of the molecule is CN1c2cccc(-c3[c-]c(-c4ccc([Si](C)(C)C)cn4)cc(-c4ccccc4)c3)c2[N-]C1c1ccc(N(c2ccccc2)c2ccccc2)cc1O.[Pt+2]. The molecular formula is C46H40N4OPtSi. The second-order valence-corrected chi connectivity index (χ2v) is 19.4. The summed E-state index contributed by atoms with van der Waals surface area (Å²) in [6, 6.07) is 55.5. The van der Waals surface area contributed by atoms with E-state index in [0.717, 1.165) is 67.5 Å². The van der Waals surface area contributed by atoms with Gasteiger partial charge in [0.1, 0.15) is 5.75 Å². The van der Waals surface area contributed by atoms with E-state index in [1.165, 1.54) is 5.19 Å². The summed E-state index contributed by atoms with van der Waals surface area (Å²) in [5.74, 6) is 0.192. The molecule has 0 bridgehead atoms. The normalized spacial score (nSPS) is 13.5. The van der Waals surface area contributed by atoms with Gasteiger partial charge < -0.3 is 20.2 Å². The Labute approximate surface area is 327 Å². The van der Waals surface area contributed by atoms with Crippen LogP contribution in [0.4, 0.5) is 28.4 Å². The maximum Gasteiger partial charge on any atom is 2.00 e. The number of phenolic OH excluding ortho intramolecular Hbond substituents is 1. The van der Waals surface area contributed by atoms with Crippen molar-refractivity contribution in [3.63, 3.8) is 0 Å². The average molecular weight is 888 g/mol. The minimum Gasteiger partial charge on any atom is -0.666 e. The van der Waals surface area contributed by atoms with Crippen molar-refractivity contribution in [3.8, 4) is 39.3 Å². The molecule has 53 heavy (non-hydrogen) atoms. The summed E-state index contributed by atoms with van der Waals surface area (Å²) in [4.78, 5) is 9.21. The maximum absolute atomic E-state index is 11.6. The van der Waals surface area contributed by atoms with Gasteiger partial charge in [0.05, 0.1) is 8.07 Å². The van der Waals surface area contributed by atoms with E-state index in [-0.39, 0.29) is 26.8 Å². The number of fused-ring (bicyclic) bond motifs is 1. The monoisotopic (exact) mass is 887 g/mol. The Morgan fingerprint density at radius 3 is 1.92 bits per heavy atom. The zero-order valence-electron chi connectivity index (χ0n) is 30.1. The van der Waals surface area contributed by atoms with Crippen LogP contribution in [0.15, 0.2) is 158 Å². The van der Waals surface area contributed by atoms with Crippen molar-refractivity contribution in [2.75, 3.05) is 16.8 Å². The smallest absolute Gasteiger partial charge is 0.666 e. The molecule has 8 rings (SSSR count). The fourth-order valence-electron chi connectivity index (χ4n) is 6.93. The molecule has 7 aromatic rings. The first-order valence-electron chi connectivity index (χ1n) is 17.6. The van der Waals surface area contributed by atoms with Gasteiger partial charge in [0.2, 0.25) is 0 Å². The van der Waals surface area contributed by atoms with Crippen LogP contribution in [0, 0.1) is 6.07 Å². The molecule has 0 radical (unpaired) electrons. The molecule has 264 valence electrons. The molecule has 1 aliphatic rings. The van der Waals surface area contributed by atoms with Crippen LogP contribution in [0.1, 0.15) is 11.7 Å². The Morgan fingerprint density at radius 1 is 0.679 bits per heavy atom. The second kappa shape index (κ2) is 14.9. The molecule has 6 aromatic carbocycles. The fraction of sp³-hybridized carbons (Fsp3) is 0.109. The van der Waals surface area contributed by atoms with E-state index in [9.17, 15) is 5.11 Å². The van der Waals surface area contributed by atoms with E-state index in [1.54, 1.807) is 0 Å². The molecule has 0 fully saturated rings. The molecule has 1 atom stereocenters. The molecule has 1 N–H and O–H groups in total. The fourth-order valence-corrected chi connectivity index (χ4v) is 7.96. The van der Waals surface area contributed by atoms with Crippen molar-refractivity contribution in [3.05, 3.63) is 175 Å². The Hall–Kier alpha value is -5.42. The third-order valence-electron chi connectivity index (χ3n) is 9.76. The molecule has 7 heteroatoms. The standard InChI is InChI=1S/C46H40N4OSi.Pt/c1-49-43-22-14-21-40(34-27-33(32-15-8-5-9-16-32)28-35(29-34)42-26-24-39(31-47-42)52(2,3)4)45(43)48-46(49)41-25-23-38(30-44(41)51)50(36-17-10-6-11-18-36)37-19-12-7-13-20-37;/h5-28,30-31,46,51H,1-4H3;/q-2;+2. The molecule has 0 amide bonds. The molecule has 0 aliphatic carbocycles. The summed E-state index contributed by atoms with van der Waals surface area (Å²) in [5.41, 5.74) is 11.5. The molecule has 1 unspecified atom stereocenters. The summed E-state index contributed by atoms with van der Waals surface area (Å²) in [6.07, 6.45) is 1.63. The molecule has 2 heterocycles. The largest absolute Gasteiger partial charge is 2.00 e. The number of para-hydroxylation sites is 3. The van der Waals surface area contributed by atoms with E-state index in [2.05, 4.69) is 133 Å². The van der Waals surface area contributed by atoms with Crippen molar-refractivity contribution in [1.29, 1.82) is 0 Å². The second-order valence-electron chi connectivity index (χ2n) is 14.3. The third kappa shape index (κ3) is 7.17. The average Bonchev–Trinajstić information content (AvgIpc) is 3.51. The number of anilines is 4. The van der Waals surface area contributed by atoms with Gasteiger partial charge in [-0.2, -0.15) is 0 Å². The molecule has 0 spiro atoms.